The lowest BCUT2D eigenvalue weighted by Crippen LogP contribution is -2.41. The Hall–Kier alpha value is -4.40. The Labute approximate surface area is 240 Å². The van der Waals surface area contributed by atoms with Crippen LogP contribution in [0.4, 0.5) is 8.78 Å². The number of ether oxygens (including phenoxy) is 2. The van der Waals surface area contributed by atoms with Gasteiger partial charge < -0.3 is 19.1 Å². The van der Waals surface area contributed by atoms with Crippen LogP contribution in [0, 0.1) is 17.1 Å². The maximum Gasteiger partial charge on any atom is 0.335 e. The molecule has 9 nitrogen and oxygen atoms in total. The molecule has 1 atom stereocenters. The van der Waals surface area contributed by atoms with E-state index in [4.69, 9.17) is 19.7 Å². The summed E-state index contributed by atoms with van der Waals surface area (Å²) < 4.78 is 43.7. The van der Waals surface area contributed by atoms with E-state index in [1.165, 1.54) is 12.1 Å². The smallest absolute Gasteiger partial charge is 0.335 e. The van der Waals surface area contributed by atoms with E-state index in [9.17, 15) is 14.3 Å². The third-order valence-electron chi connectivity index (χ3n) is 8.01. The highest BCUT2D eigenvalue weighted by molar-refractivity contribution is 5.92. The number of pyridine rings is 1. The Bertz CT molecular complexity index is 1670. The largest absolute Gasteiger partial charge is 0.478 e. The summed E-state index contributed by atoms with van der Waals surface area (Å²) >= 11 is 0. The van der Waals surface area contributed by atoms with E-state index in [0.29, 0.717) is 38.3 Å². The lowest BCUT2D eigenvalue weighted by atomic mass is 9.89. The van der Waals surface area contributed by atoms with Crippen LogP contribution < -0.4 is 4.74 Å². The molecule has 4 aromatic rings. The van der Waals surface area contributed by atoms with Gasteiger partial charge in [0.25, 0.3) is 0 Å². The number of halogens is 2. The number of carboxylic acid groups (broad SMARTS) is 1. The van der Waals surface area contributed by atoms with Crippen molar-refractivity contribution in [3.63, 3.8) is 0 Å². The molecule has 1 N–H and O–H groups in total. The maximum atomic E-state index is 16.2. The molecule has 2 fully saturated rings. The van der Waals surface area contributed by atoms with Crippen molar-refractivity contribution < 1.29 is 28.2 Å². The molecule has 0 amide bonds. The first-order valence-corrected chi connectivity index (χ1v) is 13.9. The summed E-state index contributed by atoms with van der Waals surface area (Å²) in [6.07, 6.45) is 1.44. The number of aromatic nitrogens is 3. The zero-order chi connectivity index (χ0) is 29.3. The molecule has 2 aromatic carbocycles. The van der Waals surface area contributed by atoms with Gasteiger partial charge in [0, 0.05) is 31.3 Å². The van der Waals surface area contributed by atoms with Crippen LogP contribution in [0.2, 0.25) is 0 Å². The highest BCUT2D eigenvalue weighted by Gasteiger charge is 2.38. The fourth-order valence-electron chi connectivity index (χ4n) is 5.41. The SMILES string of the molecule is N#Cc1ccc(COc2cccc(C3(F)CCN(Cc4nc5ccc(C(=O)O)cc5n4C[C@@H]4CCO4)CC3)n2)c(F)c1. The molecule has 6 rings (SSSR count). The minimum Gasteiger partial charge on any atom is -0.478 e. The molecule has 2 aliphatic heterocycles. The number of likely N-dealkylation sites (tertiary alicyclic amines) is 1. The monoisotopic (exact) mass is 573 g/mol. The first-order chi connectivity index (χ1) is 20.3. The summed E-state index contributed by atoms with van der Waals surface area (Å²) in [6, 6.07) is 15.9. The van der Waals surface area contributed by atoms with Crippen LogP contribution in [0.1, 0.15) is 52.3 Å². The number of rotatable bonds is 9. The van der Waals surface area contributed by atoms with Crippen molar-refractivity contribution in [3.05, 3.63) is 88.6 Å². The highest BCUT2D eigenvalue weighted by atomic mass is 19.1. The van der Waals surface area contributed by atoms with E-state index in [2.05, 4.69) is 9.88 Å². The summed E-state index contributed by atoms with van der Waals surface area (Å²) in [5.74, 6) is -0.553. The van der Waals surface area contributed by atoms with E-state index in [1.54, 1.807) is 36.4 Å². The van der Waals surface area contributed by atoms with Crippen LogP contribution in [0.3, 0.4) is 0 Å². The van der Waals surface area contributed by atoms with Crippen molar-refractivity contribution in [2.75, 3.05) is 19.7 Å². The molecule has 2 saturated heterocycles. The normalized spacial score (nSPS) is 18.4. The van der Waals surface area contributed by atoms with E-state index < -0.39 is 17.5 Å². The van der Waals surface area contributed by atoms with Gasteiger partial charge in [-0.15, -0.1) is 0 Å². The third kappa shape index (κ3) is 5.68. The van der Waals surface area contributed by atoms with Gasteiger partial charge in [-0.05, 0) is 55.7 Å². The van der Waals surface area contributed by atoms with E-state index in [0.717, 1.165) is 23.8 Å². The van der Waals surface area contributed by atoms with Gasteiger partial charge in [0.2, 0.25) is 5.88 Å². The van der Waals surface area contributed by atoms with Gasteiger partial charge in [-0.25, -0.2) is 23.5 Å². The number of hydrogen-bond acceptors (Lipinski definition) is 7. The van der Waals surface area contributed by atoms with Gasteiger partial charge in [-0.2, -0.15) is 5.26 Å². The van der Waals surface area contributed by atoms with Crippen LogP contribution in [0.5, 0.6) is 5.88 Å². The topological polar surface area (TPSA) is 114 Å². The first kappa shape index (κ1) is 27.8. The van der Waals surface area contributed by atoms with Crippen molar-refractivity contribution >= 4 is 17.0 Å². The first-order valence-electron chi connectivity index (χ1n) is 13.9. The summed E-state index contributed by atoms with van der Waals surface area (Å²) in [5.41, 5.74) is 0.789. The Morgan fingerprint density at radius 2 is 1.98 bits per heavy atom. The van der Waals surface area contributed by atoms with Crippen LogP contribution >= 0.6 is 0 Å². The molecule has 0 spiro atoms. The molecule has 11 heteroatoms. The van der Waals surface area contributed by atoms with Crippen LogP contribution in [0.25, 0.3) is 11.0 Å². The predicted octanol–water partition coefficient (Wildman–Crippen LogP) is 4.97. The van der Waals surface area contributed by atoms with Crippen LogP contribution in [-0.4, -0.2) is 56.3 Å². The number of imidazole rings is 1. The Kier molecular flexibility index (Phi) is 7.58. The molecule has 0 unspecified atom stereocenters. The average Bonchev–Trinajstić information content (AvgIpc) is 3.31. The number of fused-ring (bicyclic) bond motifs is 1. The number of carboxylic acids is 1. The molecule has 0 radical (unpaired) electrons. The summed E-state index contributed by atoms with van der Waals surface area (Å²) in [6.45, 7) is 2.64. The molecule has 42 heavy (non-hydrogen) atoms. The number of nitrogens with zero attached hydrogens (tertiary/aromatic N) is 5. The molecule has 0 saturated carbocycles. The van der Waals surface area contributed by atoms with Crippen molar-refractivity contribution in [2.24, 2.45) is 0 Å². The molecule has 216 valence electrons. The zero-order valence-electron chi connectivity index (χ0n) is 22.8. The number of carbonyl (C=O) groups is 1. The lowest BCUT2D eigenvalue weighted by molar-refractivity contribution is -0.0593. The number of hydrogen-bond donors (Lipinski definition) is 1. The van der Waals surface area contributed by atoms with Gasteiger partial charge in [0.05, 0.1) is 53.1 Å². The number of piperidine rings is 1. The van der Waals surface area contributed by atoms with Crippen LogP contribution in [-0.2, 0) is 30.1 Å². The molecule has 2 aliphatic rings. The third-order valence-corrected chi connectivity index (χ3v) is 8.01. The van der Waals surface area contributed by atoms with Gasteiger partial charge in [-0.3, -0.25) is 4.90 Å². The summed E-state index contributed by atoms with van der Waals surface area (Å²) in [4.78, 5) is 22.9. The van der Waals surface area contributed by atoms with Gasteiger partial charge >= 0.3 is 5.97 Å². The van der Waals surface area contributed by atoms with E-state index in [-0.39, 0.29) is 53.8 Å². The number of nitriles is 1. The number of aromatic carboxylic acids is 1. The predicted molar refractivity (Wildman–Crippen MR) is 148 cm³/mol. The molecule has 2 aromatic heterocycles. The van der Waals surface area contributed by atoms with Crippen molar-refractivity contribution in [1.29, 1.82) is 5.26 Å². The van der Waals surface area contributed by atoms with Crippen molar-refractivity contribution in [3.8, 4) is 11.9 Å². The number of alkyl halides is 1. The number of benzene rings is 2. The van der Waals surface area contributed by atoms with E-state index >= 15 is 4.39 Å². The fraction of sp³-hybridized carbons (Fsp3) is 0.355. The minimum absolute atomic E-state index is 0.0588. The molecule has 0 aliphatic carbocycles. The standard InChI is InChI=1S/C31H29F2N5O4/c32-24-14-20(16-34)4-5-22(24)19-42-29-3-1-2-27(36-29)31(33)9-11-37(12-10-31)18-28-35-25-7-6-21(30(39)40)15-26(25)38(28)17-23-8-13-41-23/h1-7,14-15,23H,8-13,17-19H2,(H,39,40)/t23-/m0/s1. The second-order valence-electron chi connectivity index (χ2n) is 10.7. The quantitative estimate of drug-likeness (QED) is 0.299. The zero-order valence-corrected chi connectivity index (χ0v) is 22.8. The Morgan fingerprint density at radius 3 is 2.67 bits per heavy atom. The maximum absolute atomic E-state index is 16.2. The summed E-state index contributed by atoms with van der Waals surface area (Å²) in [5, 5.41) is 18.4. The Morgan fingerprint density at radius 1 is 1.17 bits per heavy atom. The molecule has 4 heterocycles. The Balaban J connectivity index is 1.13. The molecular formula is C31H29F2N5O4. The summed E-state index contributed by atoms with van der Waals surface area (Å²) in [7, 11) is 0. The minimum atomic E-state index is -1.65. The second kappa shape index (κ2) is 11.5. The average molecular weight is 574 g/mol. The lowest BCUT2D eigenvalue weighted by Gasteiger charge is -2.36. The van der Waals surface area contributed by atoms with E-state index in [1.807, 2.05) is 10.6 Å². The highest BCUT2D eigenvalue weighted by Crippen LogP contribution is 2.37. The second-order valence-corrected chi connectivity index (χ2v) is 10.7. The van der Waals surface area contributed by atoms with Crippen molar-refractivity contribution in [1.82, 2.24) is 19.4 Å². The molecule has 0 bridgehead atoms. The van der Waals surface area contributed by atoms with Crippen LogP contribution in [0.15, 0.2) is 54.6 Å². The van der Waals surface area contributed by atoms with Gasteiger partial charge in [0.1, 0.15) is 18.2 Å². The van der Waals surface area contributed by atoms with Crippen molar-refractivity contribution in [2.45, 2.75) is 50.7 Å². The molecular weight excluding hydrogens is 544 g/mol. The van der Waals surface area contributed by atoms with Gasteiger partial charge in [-0.1, -0.05) is 12.1 Å². The fourth-order valence-corrected chi connectivity index (χ4v) is 5.41. The van der Waals surface area contributed by atoms with Gasteiger partial charge in [0.15, 0.2) is 5.67 Å².